The molecule has 0 aliphatic heterocycles. The Kier molecular flexibility index (Phi) is 5.33. The first kappa shape index (κ1) is 20.0. The quantitative estimate of drug-likeness (QED) is 0.499. The Balaban J connectivity index is 1.63. The molecule has 2 heterocycles. The van der Waals surface area contributed by atoms with Crippen molar-refractivity contribution in [3.63, 3.8) is 0 Å². The van der Waals surface area contributed by atoms with Crippen LogP contribution >= 0.6 is 0 Å². The summed E-state index contributed by atoms with van der Waals surface area (Å²) in [5.74, 6) is 0.707. The van der Waals surface area contributed by atoms with Gasteiger partial charge in [0.05, 0.1) is 16.9 Å². The van der Waals surface area contributed by atoms with Gasteiger partial charge in [-0.1, -0.05) is 12.1 Å². The van der Waals surface area contributed by atoms with Gasteiger partial charge >= 0.3 is 5.69 Å². The van der Waals surface area contributed by atoms with Crippen LogP contribution in [0.4, 0.5) is 0 Å². The Morgan fingerprint density at radius 1 is 1.06 bits per heavy atom. The van der Waals surface area contributed by atoms with Crippen LogP contribution in [0.25, 0.3) is 16.9 Å². The predicted octanol–water partition coefficient (Wildman–Crippen LogP) is 3.10. The summed E-state index contributed by atoms with van der Waals surface area (Å²) < 4.78 is 8.56. The normalized spacial score (nSPS) is 10.6. The molecule has 0 bridgehead atoms. The molecule has 154 valence electrons. The van der Waals surface area contributed by atoms with E-state index >= 15 is 0 Å². The molecule has 4 rings (SSSR count). The van der Waals surface area contributed by atoms with Gasteiger partial charge < -0.3 is 4.74 Å². The summed E-state index contributed by atoms with van der Waals surface area (Å²) in [5.41, 5.74) is 5.08. The van der Waals surface area contributed by atoms with Crippen LogP contribution in [0.15, 0.2) is 59.5 Å². The summed E-state index contributed by atoms with van der Waals surface area (Å²) in [4.78, 5) is 16.7. The van der Waals surface area contributed by atoms with Crippen molar-refractivity contribution >= 4 is 0 Å². The van der Waals surface area contributed by atoms with E-state index in [1.54, 1.807) is 25.4 Å². The molecule has 4 aromatic rings. The van der Waals surface area contributed by atoms with Gasteiger partial charge in [-0.05, 0) is 71.8 Å². The van der Waals surface area contributed by atoms with E-state index in [0.717, 1.165) is 22.3 Å². The second-order valence-electron chi connectivity index (χ2n) is 7.15. The summed E-state index contributed by atoms with van der Waals surface area (Å²) in [7, 11) is 1.56. The minimum atomic E-state index is -0.323. The Morgan fingerprint density at radius 3 is 2.61 bits per heavy atom. The molecule has 0 radical (unpaired) electrons. The van der Waals surface area contributed by atoms with Gasteiger partial charge in [-0.25, -0.2) is 4.79 Å². The van der Waals surface area contributed by atoms with Gasteiger partial charge in [-0.3, -0.25) is 4.98 Å². The number of tetrazole rings is 1. The summed E-state index contributed by atoms with van der Waals surface area (Å²) >= 11 is 0. The summed E-state index contributed by atoms with van der Waals surface area (Å²) in [6, 6.07) is 17.0. The van der Waals surface area contributed by atoms with Crippen LogP contribution in [0, 0.1) is 25.2 Å². The fraction of sp³-hybridized carbons (Fsp3) is 0.174. The van der Waals surface area contributed by atoms with Crippen LogP contribution in [0.5, 0.6) is 5.75 Å². The third-order valence-electron chi connectivity index (χ3n) is 5.08. The highest BCUT2D eigenvalue weighted by molar-refractivity contribution is 5.68. The van der Waals surface area contributed by atoms with Crippen molar-refractivity contribution in [3.05, 3.63) is 87.5 Å². The van der Waals surface area contributed by atoms with Crippen molar-refractivity contribution in [1.29, 1.82) is 5.26 Å². The summed E-state index contributed by atoms with van der Waals surface area (Å²) in [6.07, 6.45) is 1.67. The molecule has 0 N–H and O–H groups in total. The van der Waals surface area contributed by atoms with Gasteiger partial charge in [-0.2, -0.15) is 14.6 Å². The molecule has 0 fully saturated rings. The monoisotopic (exact) mass is 412 g/mol. The van der Waals surface area contributed by atoms with Crippen LogP contribution < -0.4 is 10.4 Å². The van der Waals surface area contributed by atoms with Crippen molar-refractivity contribution in [1.82, 2.24) is 24.8 Å². The maximum absolute atomic E-state index is 12.3. The number of hydrogen-bond donors (Lipinski definition) is 0. The summed E-state index contributed by atoms with van der Waals surface area (Å²) in [6.45, 7) is 4.17. The van der Waals surface area contributed by atoms with Crippen molar-refractivity contribution in [2.24, 2.45) is 7.05 Å². The molecule has 0 aliphatic rings. The van der Waals surface area contributed by atoms with Crippen LogP contribution in [0.1, 0.15) is 22.3 Å². The van der Waals surface area contributed by atoms with E-state index in [0.29, 0.717) is 22.7 Å². The van der Waals surface area contributed by atoms with Crippen LogP contribution in [0.3, 0.4) is 0 Å². The number of aromatic nitrogens is 5. The zero-order valence-electron chi connectivity index (χ0n) is 17.4. The fourth-order valence-corrected chi connectivity index (χ4v) is 3.37. The Morgan fingerprint density at radius 2 is 1.90 bits per heavy atom. The lowest BCUT2D eigenvalue weighted by Gasteiger charge is -2.15. The molecule has 0 saturated carbocycles. The number of hydrogen-bond acceptors (Lipinski definition) is 6. The van der Waals surface area contributed by atoms with E-state index in [-0.39, 0.29) is 12.3 Å². The van der Waals surface area contributed by atoms with Gasteiger partial charge in [0.2, 0.25) is 0 Å². The zero-order valence-corrected chi connectivity index (χ0v) is 17.4. The minimum Gasteiger partial charge on any atom is -0.489 e. The second kappa shape index (κ2) is 8.24. The van der Waals surface area contributed by atoms with E-state index in [4.69, 9.17) is 4.74 Å². The second-order valence-corrected chi connectivity index (χ2v) is 7.15. The first-order valence-electron chi connectivity index (χ1n) is 9.66. The molecule has 2 aromatic heterocycles. The predicted molar refractivity (Wildman–Crippen MR) is 115 cm³/mol. The Hall–Kier alpha value is -4.25. The van der Waals surface area contributed by atoms with E-state index in [1.807, 2.05) is 50.2 Å². The molecular weight excluding hydrogens is 392 g/mol. The molecule has 2 aromatic carbocycles. The lowest BCUT2D eigenvalue weighted by atomic mass is 10.0. The first-order chi connectivity index (χ1) is 15.0. The van der Waals surface area contributed by atoms with E-state index < -0.39 is 0 Å². The first-order valence-corrected chi connectivity index (χ1v) is 9.66. The highest BCUT2D eigenvalue weighted by atomic mass is 16.5. The maximum atomic E-state index is 12.3. The largest absolute Gasteiger partial charge is 0.489 e. The van der Waals surface area contributed by atoms with Gasteiger partial charge in [0.1, 0.15) is 18.4 Å². The molecular formula is C23H20N6O2. The average molecular weight is 412 g/mol. The smallest absolute Gasteiger partial charge is 0.368 e. The number of benzene rings is 2. The van der Waals surface area contributed by atoms with Crippen LogP contribution in [-0.2, 0) is 13.7 Å². The highest BCUT2D eigenvalue weighted by Gasteiger charge is 2.14. The molecule has 0 atom stereocenters. The third-order valence-corrected chi connectivity index (χ3v) is 5.08. The van der Waals surface area contributed by atoms with E-state index in [9.17, 15) is 10.1 Å². The third kappa shape index (κ3) is 3.81. The number of rotatable bonds is 5. The zero-order chi connectivity index (χ0) is 22.0. The standard InChI is InChI=1S/C23H20N6O2/c1-15-6-4-8-20(29-23(30)28(3)26-27-29)19(15)14-31-21-10-9-17(12-16(21)2)22-18(13-24)7-5-11-25-22/h4-12H,14H2,1-3H3. The molecule has 0 amide bonds. The lowest BCUT2D eigenvalue weighted by molar-refractivity contribution is 0.302. The van der Waals surface area contributed by atoms with Crippen molar-refractivity contribution in [2.45, 2.75) is 20.5 Å². The number of pyridine rings is 1. The van der Waals surface area contributed by atoms with Gasteiger partial charge in [-0.15, -0.1) is 0 Å². The van der Waals surface area contributed by atoms with Crippen LogP contribution in [-0.4, -0.2) is 24.8 Å². The fourth-order valence-electron chi connectivity index (χ4n) is 3.37. The maximum Gasteiger partial charge on any atom is 0.368 e. The molecule has 0 saturated heterocycles. The molecule has 0 unspecified atom stereocenters. The van der Waals surface area contributed by atoms with Crippen molar-refractivity contribution in [3.8, 4) is 28.8 Å². The number of nitriles is 1. The SMILES string of the molecule is Cc1cc(-c2ncccc2C#N)ccc1OCc1c(C)cccc1-n1nnn(C)c1=O. The van der Waals surface area contributed by atoms with Crippen molar-refractivity contribution in [2.75, 3.05) is 0 Å². The number of nitrogens with zero attached hydrogens (tertiary/aromatic N) is 6. The molecule has 31 heavy (non-hydrogen) atoms. The minimum absolute atomic E-state index is 0.262. The number of ether oxygens (including phenoxy) is 1. The van der Waals surface area contributed by atoms with Gasteiger partial charge in [0, 0.05) is 24.4 Å². The van der Waals surface area contributed by atoms with Crippen LogP contribution in [0.2, 0.25) is 0 Å². The lowest BCUT2D eigenvalue weighted by Crippen LogP contribution is -2.23. The Bertz CT molecular complexity index is 1360. The van der Waals surface area contributed by atoms with Gasteiger partial charge in [0.15, 0.2) is 0 Å². The Labute approximate surface area is 179 Å². The van der Waals surface area contributed by atoms with E-state index in [1.165, 1.54) is 9.36 Å². The molecule has 0 spiro atoms. The molecule has 0 aliphatic carbocycles. The van der Waals surface area contributed by atoms with Gasteiger partial charge in [0.25, 0.3) is 0 Å². The highest BCUT2D eigenvalue weighted by Crippen LogP contribution is 2.28. The molecule has 8 nitrogen and oxygen atoms in total. The number of aryl methyl sites for hydroxylation is 3. The van der Waals surface area contributed by atoms with Crippen molar-refractivity contribution < 1.29 is 4.74 Å². The molecule has 8 heteroatoms. The average Bonchev–Trinajstić information content (AvgIpc) is 3.11. The van der Waals surface area contributed by atoms with E-state index in [2.05, 4.69) is 21.5 Å². The summed E-state index contributed by atoms with van der Waals surface area (Å²) in [5, 5.41) is 17.1. The topological polar surface area (TPSA) is 98.6 Å².